The molecule has 2 rings (SSSR count). The van der Waals surface area contributed by atoms with Crippen LogP contribution in [0.4, 0.5) is 5.69 Å². The van der Waals surface area contributed by atoms with Crippen molar-refractivity contribution >= 4 is 11.6 Å². The van der Waals surface area contributed by atoms with E-state index in [2.05, 4.69) is 17.2 Å². The summed E-state index contributed by atoms with van der Waals surface area (Å²) in [7, 11) is 0. The van der Waals surface area contributed by atoms with Crippen LogP contribution in [0.2, 0.25) is 0 Å². The molecule has 0 heterocycles. The Labute approximate surface area is 132 Å². The smallest absolute Gasteiger partial charge is 0.193 e. The Bertz CT molecular complexity index is 596. The summed E-state index contributed by atoms with van der Waals surface area (Å²) in [6.07, 6.45) is 2.20. The first-order chi connectivity index (χ1) is 10.8. The highest BCUT2D eigenvalue weighted by Crippen LogP contribution is 2.14. The molecular weight excluding hydrogens is 274 g/mol. The number of benzene rings is 2. The van der Waals surface area contributed by atoms with Gasteiger partial charge in [0.1, 0.15) is 5.75 Å². The van der Waals surface area contributed by atoms with Gasteiger partial charge in [0.05, 0.1) is 13.2 Å². The molecule has 0 aliphatic heterocycles. The van der Waals surface area contributed by atoms with E-state index < -0.39 is 0 Å². The minimum atomic E-state index is 0.406. The molecule has 0 saturated heterocycles. The fourth-order valence-electron chi connectivity index (χ4n) is 1.95. The van der Waals surface area contributed by atoms with Gasteiger partial charge in [-0.2, -0.15) is 0 Å². The number of para-hydroxylation sites is 1. The molecule has 3 N–H and O–H groups in total. The van der Waals surface area contributed by atoms with Crippen molar-refractivity contribution in [3.05, 3.63) is 60.2 Å². The minimum Gasteiger partial charge on any atom is -0.494 e. The van der Waals surface area contributed by atoms with Crippen molar-refractivity contribution in [3.8, 4) is 5.75 Å². The van der Waals surface area contributed by atoms with E-state index in [0.717, 1.165) is 36.4 Å². The number of nitrogens with two attached hydrogens (primary N) is 1. The van der Waals surface area contributed by atoms with E-state index in [0.29, 0.717) is 12.5 Å². The molecule has 4 nitrogen and oxygen atoms in total. The average Bonchev–Trinajstić information content (AvgIpc) is 2.55. The number of hydrogen-bond donors (Lipinski definition) is 2. The summed E-state index contributed by atoms with van der Waals surface area (Å²) < 4.78 is 5.69. The first-order valence-electron chi connectivity index (χ1n) is 7.61. The molecular formula is C18H23N3O. The summed E-state index contributed by atoms with van der Waals surface area (Å²) in [5.41, 5.74) is 7.90. The molecule has 0 saturated carbocycles. The lowest BCUT2D eigenvalue weighted by Gasteiger charge is -2.07. The second-order valence-electron chi connectivity index (χ2n) is 5.04. The summed E-state index contributed by atoms with van der Waals surface area (Å²) in [4.78, 5) is 4.36. The van der Waals surface area contributed by atoms with Crippen LogP contribution < -0.4 is 15.8 Å². The number of rotatable bonds is 7. The molecule has 0 spiro atoms. The van der Waals surface area contributed by atoms with Gasteiger partial charge < -0.3 is 15.8 Å². The quantitative estimate of drug-likeness (QED) is 0.464. The third-order valence-electron chi connectivity index (χ3n) is 3.14. The lowest BCUT2D eigenvalue weighted by molar-refractivity contribution is 0.309. The molecule has 0 fully saturated rings. The summed E-state index contributed by atoms with van der Waals surface area (Å²) in [6.45, 7) is 3.43. The lowest BCUT2D eigenvalue weighted by atomic mass is 10.2. The zero-order valence-electron chi connectivity index (χ0n) is 13.0. The molecule has 0 aliphatic carbocycles. The molecule has 0 aromatic heterocycles. The topological polar surface area (TPSA) is 59.6 Å². The molecule has 0 atom stereocenters. The minimum absolute atomic E-state index is 0.406. The van der Waals surface area contributed by atoms with Gasteiger partial charge in [-0.1, -0.05) is 43.7 Å². The lowest BCUT2D eigenvalue weighted by Crippen LogP contribution is -2.22. The van der Waals surface area contributed by atoms with Crippen molar-refractivity contribution in [2.45, 2.75) is 26.3 Å². The van der Waals surface area contributed by atoms with Crippen LogP contribution in [0.5, 0.6) is 5.75 Å². The number of anilines is 1. The van der Waals surface area contributed by atoms with Gasteiger partial charge in [0.2, 0.25) is 0 Å². The van der Waals surface area contributed by atoms with Crippen LogP contribution in [0, 0.1) is 0 Å². The molecule has 0 unspecified atom stereocenters. The first-order valence-corrected chi connectivity index (χ1v) is 7.61. The maximum Gasteiger partial charge on any atom is 0.193 e. The number of guanidine groups is 1. The van der Waals surface area contributed by atoms with Gasteiger partial charge in [0, 0.05) is 5.69 Å². The molecule has 2 aromatic rings. The number of unbranched alkanes of at least 4 members (excludes halogenated alkanes) is 1. The highest BCUT2D eigenvalue weighted by Gasteiger charge is 1.98. The van der Waals surface area contributed by atoms with Crippen molar-refractivity contribution in [2.24, 2.45) is 10.7 Å². The number of hydrogen-bond acceptors (Lipinski definition) is 2. The van der Waals surface area contributed by atoms with Crippen molar-refractivity contribution in [1.29, 1.82) is 0 Å². The van der Waals surface area contributed by atoms with E-state index in [1.165, 1.54) is 0 Å². The highest BCUT2D eigenvalue weighted by molar-refractivity contribution is 5.92. The van der Waals surface area contributed by atoms with E-state index in [9.17, 15) is 0 Å². The van der Waals surface area contributed by atoms with Gasteiger partial charge in [0.25, 0.3) is 0 Å². The second-order valence-corrected chi connectivity index (χ2v) is 5.04. The molecule has 0 aliphatic rings. The van der Waals surface area contributed by atoms with Crippen LogP contribution in [-0.4, -0.2) is 12.6 Å². The zero-order valence-corrected chi connectivity index (χ0v) is 13.0. The van der Waals surface area contributed by atoms with Crippen molar-refractivity contribution < 1.29 is 4.74 Å². The Hall–Kier alpha value is -2.49. The molecule has 2 aromatic carbocycles. The Balaban J connectivity index is 1.89. The Kier molecular flexibility index (Phi) is 6.30. The average molecular weight is 297 g/mol. The monoisotopic (exact) mass is 297 g/mol. The van der Waals surface area contributed by atoms with E-state index in [-0.39, 0.29) is 0 Å². The summed E-state index contributed by atoms with van der Waals surface area (Å²) >= 11 is 0. The predicted molar refractivity (Wildman–Crippen MR) is 92.2 cm³/mol. The van der Waals surface area contributed by atoms with E-state index in [1.807, 2.05) is 54.6 Å². The second kappa shape index (κ2) is 8.72. The number of aliphatic imine (C=N–C) groups is 1. The standard InChI is InChI=1S/C18H23N3O/c1-2-3-12-22-17-11-7-8-15(13-17)14-20-18(19)21-16-9-5-4-6-10-16/h4-11,13H,2-3,12,14H2,1H3,(H3,19,20,21). The number of nitrogens with zero attached hydrogens (tertiary/aromatic N) is 1. The van der Waals surface area contributed by atoms with Gasteiger partial charge in [-0.05, 0) is 36.2 Å². The number of nitrogens with one attached hydrogen (secondary N) is 1. The molecule has 116 valence electrons. The van der Waals surface area contributed by atoms with E-state index >= 15 is 0 Å². The van der Waals surface area contributed by atoms with Crippen molar-refractivity contribution in [3.63, 3.8) is 0 Å². The fraction of sp³-hybridized carbons (Fsp3) is 0.278. The Morgan fingerprint density at radius 1 is 1.14 bits per heavy atom. The van der Waals surface area contributed by atoms with Gasteiger partial charge >= 0.3 is 0 Å². The largest absolute Gasteiger partial charge is 0.494 e. The molecule has 4 heteroatoms. The third kappa shape index (κ3) is 5.48. The van der Waals surface area contributed by atoms with Crippen LogP contribution in [-0.2, 0) is 6.54 Å². The molecule has 22 heavy (non-hydrogen) atoms. The Morgan fingerprint density at radius 3 is 2.73 bits per heavy atom. The maximum absolute atomic E-state index is 5.90. The Morgan fingerprint density at radius 2 is 1.95 bits per heavy atom. The van der Waals surface area contributed by atoms with E-state index in [1.54, 1.807) is 0 Å². The maximum atomic E-state index is 5.90. The predicted octanol–water partition coefficient (Wildman–Crippen LogP) is 3.79. The summed E-state index contributed by atoms with van der Waals surface area (Å²) in [6, 6.07) is 17.7. The normalized spacial score (nSPS) is 11.2. The van der Waals surface area contributed by atoms with Crippen LogP contribution in [0.25, 0.3) is 0 Å². The molecule has 0 bridgehead atoms. The van der Waals surface area contributed by atoms with Gasteiger partial charge in [-0.3, -0.25) is 0 Å². The summed E-state index contributed by atoms with van der Waals surface area (Å²) in [5, 5.41) is 3.07. The SMILES string of the molecule is CCCCOc1cccc(CN=C(N)Nc2ccccc2)c1. The number of ether oxygens (including phenoxy) is 1. The zero-order chi connectivity index (χ0) is 15.6. The van der Waals surface area contributed by atoms with Crippen molar-refractivity contribution in [2.75, 3.05) is 11.9 Å². The van der Waals surface area contributed by atoms with Crippen molar-refractivity contribution in [1.82, 2.24) is 0 Å². The summed E-state index contributed by atoms with van der Waals surface area (Å²) in [5.74, 6) is 1.29. The fourth-order valence-corrected chi connectivity index (χ4v) is 1.95. The van der Waals surface area contributed by atoms with Crippen LogP contribution >= 0.6 is 0 Å². The van der Waals surface area contributed by atoms with E-state index in [4.69, 9.17) is 10.5 Å². The molecule has 0 radical (unpaired) electrons. The first kappa shape index (κ1) is 15.9. The van der Waals surface area contributed by atoms with Crippen LogP contribution in [0.15, 0.2) is 59.6 Å². The van der Waals surface area contributed by atoms with Gasteiger partial charge in [-0.15, -0.1) is 0 Å². The highest BCUT2D eigenvalue weighted by atomic mass is 16.5. The van der Waals surface area contributed by atoms with Gasteiger partial charge in [0.15, 0.2) is 5.96 Å². The van der Waals surface area contributed by atoms with Crippen LogP contribution in [0.1, 0.15) is 25.3 Å². The van der Waals surface area contributed by atoms with Crippen LogP contribution in [0.3, 0.4) is 0 Å². The molecule has 0 amide bonds. The third-order valence-corrected chi connectivity index (χ3v) is 3.14. The van der Waals surface area contributed by atoms with Gasteiger partial charge in [-0.25, -0.2) is 4.99 Å².